The SMILES string of the molecule is CC1CN(C)c2ccccc2N(C(=O)CC2(O)CCCC2)C1. The Balaban J connectivity index is 1.87. The molecule has 0 spiro atoms. The molecule has 1 aromatic rings. The molecular formula is C18H26N2O2. The number of amides is 1. The van der Waals surface area contributed by atoms with Crippen molar-refractivity contribution in [1.82, 2.24) is 0 Å². The lowest BCUT2D eigenvalue weighted by Crippen LogP contribution is -2.40. The van der Waals surface area contributed by atoms with Crippen molar-refractivity contribution in [3.8, 4) is 0 Å². The molecule has 1 amide bonds. The molecule has 0 saturated heterocycles. The minimum absolute atomic E-state index is 0.0546. The number of hydrogen-bond donors (Lipinski definition) is 1. The van der Waals surface area contributed by atoms with Gasteiger partial charge in [-0.15, -0.1) is 0 Å². The van der Waals surface area contributed by atoms with E-state index in [-0.39, 0.29) is 12.3 Å². The zero-order chi connectivity index (χ0) is 15.7. The van der Waals surface area contributed by atoms with Crippen molar-refractivity contribution in [3.05, 3.63) is 24.3 Å². The average molecular weight is 302 g/mol. The van der Waals surface area contributed by atoms with Gasteiger partial charge in [0.25, 0.3) is 0 Å². The van der Waals surface area contributed by atoms with Crippen LogP contribution in [-0.2, 0) is 4.79 Å². The number of benzene rings is 1. The highest BCUT2D eigenvalue weighted by molar-refractivity contribution is 5.97. The topological polar surface area (TPSA) is 43.8 Å². The number of rotatable bonds is 2. The maximum Gasteiger partial charge on any atom is 0.229 e. The van der Waals surface area contributed by atoms with Crippen LogP contribution < -0.4 is 9.80 Å². The number of nitrogens with zero attached hydrogens (tertiary/aromatic N) is 2. The number of aliphatic hydroxyl groups is 1. The number of hydrogen-bond acceptors (Lipinski definition) is 3. The van der Waals surface area contributed by atoms with E-state index in [1.807, 2.05) is 23.1 Å². The van der Waals surface area contributed by atoms with Crippen LogP contribution in [0.25, 0.3) is 0 Å². The molecule has 2 aliphatic rings. The van der Waals surface area contributed by atoms with Crippen LogP contribution in [0.1, 0.15) is 39.0 Å². The van der Waals surface area contributed by atoms with Crippen LogP contribution in [0.3, 0.4) is 0 Å². The Morgan fingerprint density at radius 3 is 2.55 bits per heavy atom. The van der Waals surface area contributed by atoms with Crippen LogP contribution in [0.5, 0.6) is 0 Å². The lowest BCUT2D eigenvalue weighted by atomic mass is 9.97. The largest absolute Gasteiger partial charge is 0.389 e. The van der Waals surface area contributed by atoms with Crippen molar-refractivity contribution in [3.63, 3.8) is 0 Å². The van der Waals surface area contributed by atoms with Crippen LogP contribution in [0, 0.1) is 5.92 Å². The number of para-hydroxylation sites is 2. The minimum atomic E-state index is -0.784. The molecule has 4 heteroatoms. The van der Waals surface area contributed by atoms with E-state index in [1.165, 1.54) is 0 Å². The molecule has 1 heterocycles. The van der Waals surface area contributed by atoms with Gasteiger partial charge >= 0.3 is 0 Å². The third kappa shape index (κ3) is 2.98. The summed E-state index contributed by atoms with van der Waals surface area (Å²) in [6.45, 7) is 3.83. The fourth-order valence-corrected chi connectivity index (χ4v) is 3.87. The molecule has 1 aromatic carbocycles. The van der Waals surface area contributed by atoms with Gasteiger partial charge in [0.15, 0.2) is 0 Å². The normalized spacial score (nSPS) is 24.0. The molecule has 0 radical (unpaired) electrons. The summed E-state index contributed by atoms with van der Waals surface area (Å²) < 4.78 is 0. The van der Waals surface area contributed by atoms with Gasteiger partial charge < -0.3 is 14.9 Å². The predicted octanol–water partition coefficient (Wildman–Crippen LogP) is 2.80. The van der Waals surface area contributed by atoms with Gasteiger partial charge in [-0.05, 0) is 30.9 Å². The molecule has 1 saturated carbocycles. The second kappa shape index (κ2) is 5.92. The van der Waals surface area contributed by atoms with Gasteiger partial charge in [-0.3, -0.25) is 4.79 Å². The fraction of sp³-hybridized carbons (Fsp3) is 0.611. The summed E-state index contributed by atoms with van der Waals surface area (Å²) in [6, 6.07) is 8.07. The summed E-state index contributed by atoms with van der Waals surface area (Å²) in [5.41, 5.74) is 1.28. The summed E-state index contributed by atoms with van der Waals surface area (Å²) in [4.78, 5) is 17.0. The van der Waals surface area contributed by atoms with Crippen molar-refractivity contribution in [2.24, 2.45) is 5.92 Å². The van der Waals surface area contributed by atoms with E-state index in [0.717, 1.165) is 50.1 Å². The minimum Gasteiger partial charge on any atom is -0.389 e. The van der Waals surface area contributed by atoms with Crippen molar-refractivity contribution in [2.75, 3.05) is 29.9 Å². The van der Waals surface area contributed by atoms with Crippen LogP contribution >= 0.6 is 0 Å². The van der Waals surface area contributed by atoms with Gasteiger partial charge in [-0.25, -0.2) is 0 Å². The smallest absolute Gasteiger partial charge is 0.229 e. The van der Waals surface area contributed by atoms with Gasteiger partial charge in [0.1, 0.15) is 0 Å². The highest BCUT2D eigenvalue weighted by atomic mass is 16.3. The van der Waals surface area contributed by atoms with Crippen molar-refractivity contribution in [2.45, 2.75) is 44.6 Å². The first kappa shape index (κ1) is 15.3. The molecule has 1 N–H and O–H groups in total. The second-order valence-electron chi connectivity index (χ2n) is 7.09. The third-order valence-electron chi connectivity index (χ3n) is 4.98. The Bertz CT molecular complexity index is 552. The maximum atomic E-state index is 12.9. The molecule has 3 rings (SSSR count). The average Bonchev–Trinajstić information content (AvgIpc) is 2.85. The molecule has 1 unspecified atom stereocenters. The third-order valence-corrected chi connectivity index (χ3v) is 4.98. The molecule has 0 aromatic heterocycles. The Morgan fingerprint density at radius 2 is 1.86 bits per heavy atom. The Kier molecular flexibility index (Phi) is 4.13. The molecular weight excluding hydrogens is 276 g/mol. The van der Waals surface area contributed by atoms with Crippen molar-refractivity contribution < 1.29 is 9.90 Å². The molecule has 22 heavy (non-hydrogen) atoms. The van der Waals surface area contributed by atoms with Gasteiger partial charge in [-0.2, -0.15) is 0 Å². The van der Waals surface area contributed by atoms with E-state index in [0.29, 0.717) is 5.92 Å². The molecule has 1 aliphatic carbocycles. The Morgan fingerprint density at radius 1 is 1.23 bits per heavy atom. The van der Waals surface area contributed by atoms with E-state index >= 15 is 0 Å². The van der Waals surface area contributed by atoms with E-state index in [1.54, 1.807) is 0 Å². The van der Waals surface area contributed by atoms with Crippen LogP contribution in [0.15, 0.2) is 24.3 Å². The maximum absolute atomic E-state index is 12.9. The summed E-state index contributed by atoms with van der Waals surface area (Å²) in [5.74, 6) is 0.457. The summed E-state index contributed by atoms with van der Waals surface area (Å²) in [7, 11) is 2.08. The quantitative estimate of drug-likeness (QED) is 0.913. The first-order valence-electron chi connectivity index (χ1n) is 8.31. The van der Waals surface area contributed by atoms with Crippen LogP contribution in [0.2, 0.25) is 0 Å². The number of anilines is 2. The van der Waals surface area contributed by atoms with Gasteiger partial charge in [-0.1, -0.05) is 31.9 Å². The summed E-state index contributed by atoms with van der Waals surface area (Å²) >= 11 is 0. The van der Waals surface area contributed by atoms with Gasteiger partial charge in [0, 0.05) is 20.1 Å². The van der Waals surface area contributed by atoms with E-state index in [4.69, 9.17) is 0 Å². The van der Waals surface area contributed by atoms with E-state index in [9.17, 15) is 9.90 Å². The number of carbonyl (C=O) groups is 1. The fourth-order valence-electron chi connectivity index (χ4n) is 3.87. The molecule has 0 bridgehead atoms. The van der Waals surface area contributed by atoms with Crippen LogP contribution in [-0.4, -0.2) is 36.8 Å². The molecule has 120 valence electrons. The summed E-state index contributed by atoms with van der Waals surface area (Å²) in [6.07, 6.45) is 3.81. The van der Waals surface area contributed by atoms with Gasteiger partial charge in [0.2, 0.25) is 5.91 Å². The zero-order valence-corrected chi connectivity index (χ0v) is 13.6. The van der Waals surface area contributed by atoms with E-state index in [2.05, 4.69) is 24.9 Å². The Labute approximate surface area is 132 Å². The molecule has 1 atom stereocenters. The molecule has 1 aliphatic heterocycles. The number of carbonyl (C=O) groups excluding carboxylic acids is 1. The second-order valence-corrected chi connectivity index (χ2v) is 7.09. The lowest BCUT2D eigenvalue weighted by molar-refractivity contribution is -0.123. The lowest BCUT2D eigenvalue weighted by Gasteiger charge is -2.29. The molecule has 4 nitrogen and oxygen atoms in total. The highest BCUT2D eigenvalue weighted by Crippen LogP contribution is 2.36. The first-order chi connectivity index (χ1) is 10.5. The van der Waals surface area contributed by atoms with Crippen LogP contribution in [0.4, 0.5) is 11.4 Å². The van der Waals surface area contributed by atoms with Crippen molar-refractivity contribution in [1.29, 1.82) is 0 Å². The first-order valence-corrected chi connectivity index (χ1v) is 8.31. The zero-order valence-electron chi connectivity index (χ0n) is 13.6. The van der Waals surface area contributed by atoms with E-state index < -0.39 is 5.60 Å². The predicted molar refractivity (Wildman–Crippen MR) is 89.3 cm³/mol. The summed E-state index contributed by atoms with van der Waals surface area (Å²) in [5, 5.41) is 10.6. The Hall–Kier alpha value is -1.55. The number of fused-ring (bicyclic) bond motifs is 1. The van der Waals surface area contributed by atoms with Crippen molar-refractivity contribution >= 4 is 17.3 Å². The van der Waals surface area contributed by atoms with Gasteiger partial charge in [0.05, 0.1) is 23.4 Å². The monoisotopic (exact) mass is 302 g/mol. The highest BCUT2D eigenvalue weighted by Gasteiger charge is 2.36. The standard InChI is InChI=1S/C18H26N2O2/c1-14-12-19(2)15-7-3-4-8-16(15)20(13-14)17(21)11-18(22)9-5-6-10-18/h3-4,7-8,14,22H,5-6,9-13H2,1-2H3. The molecule has 1 fully saturated rings.